The fourth-order valence-electron chi connectivity index (χ4n) is 4.30. The van der Waals surface area contributed by atoms with Gasteiger partial charge >= 0.3 is 0 Å². The monoisotopic (exact) mass is 461 g/mol. The topological polar surface area (TPSA) is 109 Å². The number of anilines is 1. The van der Waals surface area contributed by atoms with Crippen LogP contribution in [0.25, 0.3) is 11.0 Å². The molecule has 174 valence electrons. The number of amides is 4. The van der Waals surface area contributed by atoms with Gasteiger partial charge < -0.3 is 19.4 Å². The Bertz CT molecular complexity index is 1340. The van der Waals surface area contributed by atoms with E-state index in [1.165, 1.54) is 6.92 Å². The van der Waals surface area contributed by atoms with Gasteiger partial charge in [-0.25, -0.2) is 0 Å². The maximum atomic E-state index is 13.3. The van der Waals surface area contributed by atoms with Crippen LogP contribution in [-0.4, -0.2) is 65.8 Å². The number of rotatable bonds is 4. The fourth-order valence-corrected chi connectivity index (χ4v) is 4.30. The molecule has 1 fully saturated rings. The molecule has 9 heteroatoms. The molecule has 3 aromatic rings. The maximum Gasteiger partial charge on any atom is 0.291 e. The molecule has 2 aromatic carbocycles. The standard InChI is InChI=1S/C25H23N3O6/c1-14-7-8-16-18(13-14)24(31)28(23(16)30)15(2)22(29)26-20-17-5-3-4-6-19(17)34-21(20)25(32)27-9-11-33-12-10-27/h3-8,13,15H,9-12H2,1-2H3,(H,26,29)/t15-/m0/s1. The van der Waals surface area contributed by atoms with E-state index >= 15 is 0 Å². The number of nitrogens with zero attached hydrogens (tertiary/aromatic N) is 2. The smallest absolute Gasteiger partial charge is 0.291 e. The molecule has 1 aromatic heterocycles. The maximum absolute atomic E-state index is 13.3. The molecule has 5 rings (SSSR count). The van der Waals surface area contributed by atoms with Crippen molar-refractivity contribution in [3.05, 3.63) is 64.9 Å². The lowest BCUT2D eigenvalue weighted by Gasteiger charge is -2.26. The number of ether oxygens (including phenoxy) is 1. The van der Waals surface area contributed by atoms with Gasteiger partial charge in [0.15, 0.2) is 0 Å². The van der Waals surface area contributed by atoms with Gasteiger partial charge in [-0.3, -0.25) is 24.1 Å². The third-order valence-corrected chi connectivity index (χ3v) is 6.18. The summed E-state index contributed by atoms with van der Waals surface area (Å²) in [5, 5.41) is 3.31. The van der Waals surface area contributed by atoms with Gasteiger partial charge in [0.1, 0.15) is 17.3 Å². The third-order valence-electron chi connectivity index (χ3n) is 6.18. The van der Waals surface area contributed by atoms with E-state index in [4.69, 9.17) is 9.15 Å². The number of imide groups is 1. The molecule has 1 N–H and O–H groups in total. The number of nitrogens with one attached hydrogen (secondary N) is 1. The molecule has 2 aliphatic rings. The van der Waals surface area contributed by atoms with Gasteiger partial charge in [0.25, 0.3) is 17.7 Å². The van der Waals surface area contributed by atoms with E-state index in [0.717, 1.165) is 10.5 Å². The summed E-state index contributed by atoms with van der Waals surface area (Å²) in [4.78, 5) is 54.8. The predicted molar refractivity (Wildman–Crippen MR) is 123 cm³/mol. The van der Waals surface area contributed by atoms with Gasteiger partial charge in [-0.1, -0.05) is 23.8 Å². The summed E-state index contributed by atoms with van der Waals surface area (Å²) >= 11 is 0. The normalized spacial score (nSPS) is 16.6. The highest BCUT2D eigenvalue weighted by Crippen LogP contribution is 2.33. The number of para-hydroxylation sites is 1. The number of benzene rings is 2. The second kappa shape index (κ2) is 8.42. The summed E-state index contributed by atoms with van der Waals surface area (Å²) in [6.45, 7) is 4.97. The van der Waals surface area contributed by atoms with E-state index in [-0.39, 0.29) is 28.5 Å². The van der Waals surface area contributed by atoms with Crippen LogP contribution in [0.5, 0.6) is 0 Å². The Hall–Kier alpha value is -3.98. The first-order valence-electron chi connectivity index (χ1n) is 11.0. The molecule has 0 aliphatic carbocycles. The van der Waals surface area contributed by atoms with Gasteiger partial charge in [-0.05, 0) is 38.1 Å². The average molecular weight is 461 g/mol. The molecule has 1 atom stereocenters. The SMILES string of the molecule is Cc1ccc2c(c1)C(=O)N([C@@H](C)C(=O)Nc1c(C(=O)N3CCOCC3)oc3ccccc13)C2=O. The second-order valence-electron chi connectivity index (χ2n) is 8.40. The lowest BCUT2D eigenvalue weighted by molar-refractivity contribution is -0.119. The van der Waals surface area contributed by atoms with Crippen LogP contribution in [0, 0.1) is 6.92 Å². The summed E-state index contributed by atoms with van der Waals surface area (Å²) in [5.74, 6) is -2.01. The van der Waals surface area contributed by atoms with Crippen LogP contribution in [-0.2, 0) is 9.53 Å². The zero-order valence-corrected chi connectivity index (χ0v) is 18.8. The number of morpholine rings is 1. The zero-order valence-electron chi connectivity index (χ0n) is 18.8. The summed E-state index contributed by atoms with van der Waals surface area (Å²) < 4.78 is 11.2. The number of furan rings is 1. The number of hydrogen-bond acceptors (Lipinski definition) is 6. The Morgan fingerprint density at radius 1 is 1.00 bits per heavy atom. The highest BCUT2D eigenvalue weighted by Gasteiger charge is 2.41. The fraction of sp³-hybridized carbons (Fsp3) is 0.280. The lowest BCUT2D eigenvalue weighted by atomic mass is 10.1. The van der Waals surface area contributed by atoms with E-state index < -0.39 is 23.8 Å². The number of aryl methyl sites for hydroxylation is 1. The first kappa shape index (κ1) is 21.8. The van der Waals surface area contributed by atoms with Crippen molar-refractivity contribution in [2.45, 2.75) is 19.9 Å². The number of carbonyl (C=O) groups is 4. The van der Waals surface area contributed by atoms with Crippen molar-refractivity contribution < 1.29 is 28.3 Å². The van der Waals surface area contributed by atoms with Crippen LogP contribution in [0.4, 0.5) is 5.69 Å². The Balaban J connectivity index is 1.45. The predicted octanol–water partition coefficient (Wildman–Crippen LogP) is 2.84. The minimum atomic E-state index is -1.10. The first-order chi connectivity index (χ1) is 16.4. The van der Waals surface area contributed by atoms with Gasteiger partial charge in [0, 0.05) is 18.5 Å². The van der Waals surface area contributed by atoms with Gasteiger partial charge in [-0.15, -0.1) is 0 Å². The number of hydrogen-bond donors (Lipinski definition) is 1. The zero-order chi connectivity index (χ0) is 24.0. The van der Waals surface area contributed by atoms with Crippen molar-refractivity contribution in [1.29, 1.82) is 0 Å². The number of fused-ring (bicyclic) bond motifs is 2. The molecule has 0 radical (unpaired) electrons. The van der Waals surface area contributed by atoms with Crippen LogP contribution in [0.3, 0.4) is 0 Å². The summed E-state index contributed by atoms with van der Waals surface area (Å²) in [5.41, 5.74) is 2.05. The average Bonchev–Trinajstić information content (AvgIpc) is 3.33. The molecular weight excluding hydrogens is 438 g/mol. The Morgan fingerprint density at radius 3 is 2.47 bits per heavy atom. The summed E-state index contributed by atoms with van der Waals surface area (Å²) in [7, 11) is 0. The van der Waals surface area contributed by atoms with Crippen molar-refractivity contribution in [3.63, 3.8) is 0 Å². The Labute approximate surface area is 195 Å². The van der Waals surface area contributed by atoms with Crippen LogP contribution in [0.1, 0.15) is 43.8 Å². The lowest BCUT2D eigenvalue weighted by Crippen LogP contribution is -2.45. The molecule has 0 unspecified atom stereocenters. The molecule has 4 amide bonds. The Kier molecular flexibility index (Phi) is 5.41. The molecule has 0 saturated carbocycles. The van der Waals surface area contributed by atoms with E-state index in [1.54, 1.807) is 47.4 Å². The quantitative estimate of drug-likeness (QED) is 0.599. The van der Waals surface area contributed by atoms with Crippen molar-refractivity contribution in [1.82, 2.24) is 9.80 Å². The summed E-state index contributed by atoms with van der Waals surface area (Å²) in [6.07, 6.45) is 0. The van der Waals surface area contributed by atoms with E-state index in [0.29, 0.717) is 37.3 Å². The third kappa shape index (κ3) is 3.54. The molecule has 3 heterocycles. The molecule has 9 nitrogen and oxygen atoms in total. The van der Waals surface area contributed by atoms with Gasteiger partial charge in [0.2, 0.25) is 11.7 Å². The highest BCUT2D eigenvalue weighted by molar-refractivity contribution is 6.23. The van der Waals surface area contributed by atoms with E-state index in [2.05, 4.69) is 5.32 Å². The summed E-state index contributed by atoms with van der Waals surface area (Å²) in [6, 6.07) is 10.9. The van der Waals surface area contributed by atoms with Crippen molar-refractivity contribution in [2.75, 3.05) is 31.6 Å². The van der Waals surface area contributed by atoms with Crippen molar-refractivity contribution >= 4 is 40.3 Å². The molecule has 1 saturated heterocycles. The van der Waals surface area contributed by atoms with Crippen LogP contribution >= 0.6 is 0 Å². The molecular formula is C25H23N3O6. The highest BCUT2D eigenvalue weighted by atomic mass is 16.5. The second-order valence-corrected chi connectivity index (χ2v) is 8.40. The Morgan fingerprint density at radius 2 is 1.71 bits per heavy atom. The van der Waals surface area contributed by atoms with Crippen LogP contribution in [0.2, 0.25) is 0 Å². The minimum Gasteiger partial charge on any atom is -0.449 e. The van der Waals surface area contributed by atoms with E-state index in [1.807, 2.05) is 6.92 Å². The first-order valence-corrected chi connectivity index (χ1v) is 11.0. The molecule has 34 heavy (non-hydrogen) atoms. The molecule has 0 bridgehead atoms. The largest absolute Gasteiger partial charge is 0.449 e. The van der Waals surface area contributed by atoms with E-state index in [9.17, 15) is 19.2 Å². The van der Waals surface area contributed by atoms with Gasteiger partial charge in [-0.2, -0.15) is 0 Å². The molecule has 2 aliphatic heterocycles. The molecule has 0 spiro atoms. The van der Waals surface area contributed by atoms with Crippen LogP contribution in [0.15, 0.2) is 46.9 Å². The van der Waals surface area contributed by atoms with Gasteiger partial charge in [0.05, 0.1) is 24.3 Å². The van der Waals surface area contributed by atoms with Crippen molar-refractivity contribution in [2.24, 2.45) is 0 Å². The van der Waals surface area contributed by atoms with Crippen molar-refractivity contribution in [3.8, 4) is 0 Å². The van der Waals surface area contributed by atoms with Crippen LogP contribution < -0.4 is 5.32 Å². The number of carbonyl (C=O) groups excluding carboxylic acids is 4. The minimum absolute atomic E-state index is 0.00151.